The van der Waals surface area contributed by atoms with Gasteiger partial charge in [0.05, 0.1) is 39.6 Å². The average molecular weight is 278 g/mol. The van der Waals surface area contributed by atoms with E-state index in [1.807, 2.05) is 0 Å². The van der Waals surface area contributed by atoms with Crippen molar-refractivity contribution in [2.75, 3.05) is 61.0 Å². The van der Waals surface area contributed by atoms with E-state index in [0.717, 1.165) is 0 Å². The highest BCUT2D eigenvalue weighted by atomic mass is 28.4. The van der Waals surface area contributed by atoms with Gasteiger partial charge in [-0.1, -0.05) is 0 Å². The molecule has 0 aliphatic heterocycles. The number of hydrogen-bond donors (Lipinski definition) is 0. The summed E-state index contributed by atoms with van der Waals surface area (Å²) in [5.41, 5.74) is 2.50. The number of terminal acetylenes is 1. The lowest BCUT2D eigenvalue weighted by Crippen LogP contribution is -2.47. The molecule has 0 aliphatic rings. The highest BCUT2D eigenvalue weighted by Gasteiger charge is 2.40. The van der Waals surface area contributed by atoms with Crippen LogP contribution in [0.5, 0.6) is 0 Å². The van der Waals surface area contributed by atoms with Gasteiger partial charge in [0.2, 0.25) is 0 Å². The first-order valence-electron chi connectivity index (χ1n) is 5.61. The summed E-state index contributed by atoms with van der Waals surface area (Å²) in [4.78, 5) is 0. The molecule has 0 spiro atoms. The molecule has 0 aromatic carbocycles. The van der Waals surface area contributed by atoms with Gasteiger partial charge < -0.3 is 27.5 Å². The third-order valence-electron chi connectivity index (χ3n) is 1.92. The molecule has 0 N–H and O–H groups in total. The zero-order valence-electron chi connectivity index (χ0n) is 11.3. The summed E-state index contributed by atoms with van der Waals surface area (Å²) in [5, 5.41) is 0. The topological polar surface area (TPSA) is 55.4 Å². The summed E-state index contributed by atoms with van der Waals surface area (Å²) in [5.74, 6) is 0. The molecule has 0 aromatic heterocycles. The van der Waals surface area contributed by atoms with Crippen LogP contribution in [0.15, 0.2) is 0 Å². The van der Waals surface area contributed by atoms with Crippen molar-refractivity contribution >= 4 is 8.80 Å². The second-order valence-electron chi connectivity index (χ2n) is 3.22. The zero-order chi connectivity index (χ0) is 13.7. The van der Waals surface area contributed by atoms with Crippen molar-refractivity contribution in [3.05, 3.63) is 0 Å². The molecule has 6 nitrogen and oxygen atoms in total. The Labute approximate surface area is 110 Å². The molecule has 0 aliphatic carbocycles. The van der Waals surface area contributed by atoms with E-state index in [1.165, 1.54) is 0 Å². The predicted molar refractivity (Wildman–Crippen MR) is 68.1 cm³/mol. The largest absolute Gasteiger partial charge is 0.591 e. The summed E-state index contributed by atoms with van der Waals surface area (Å²) in [7, 11) is 1.66. The molecule has 0 heterocycles. The van der Waals surface area contributed by atoms with Crippen molar-refractivity contribution in [3.63, 3.8) is 0 Å². The van der Waals surface area contributed by atoms with Gasteiger partial charge >= 0.3 is 8.80 Å². The molecule has 0 saturated carbocycles. The Hall–Kier alpha value is -0.463. The Morgan fingerprint density at radius 3 is 1.28 bits per heavy atom. The second-order valence-corrected chi connectivity index (χ2v) is 5.49. The fourth-order valence-electron chi connectivity index (χ4n) is 1.03. The van der Waals surface area contributed by atoms with E-state index in [4.69, 9.17) is 33.9 Å². The molecular weight excluding hydrogens is 256 g/mol. The maximum absolute atomic E-state index is 5.53. The third-order valence-corrected chi connectivity index (χ3v) is 4.02. The van der Waals surface area contributed by atoms with Crippen LogP contribution in [0.1, 0.15) is 0 Å². The first-order valence-corrected chi connectivity index (χ1v) is 7.33. The minimum Gasteiger partial charge on any atom is -0.382 e. The fraction of sp³-hybridized carbons (Fsp3) is 0.818. The molecule has 0 saturated heterocycles. The monoisotopic (exact) mass is 278 g/mol. The van der Waals surface area contributed by atoms with Crippen molar-refractivity contribution in [3.8, 4) is 12.0 Å². The molecule has 0 bridgehead atoms. The lowest BCUT2D eigenvalue weighted by atomic mass is 10.8. The SMILES string of the molecule is C#C[Si](OCCOC)(OCCOC)OCCOC. The Kier molecular flexibility index (Phi) is 11.3. The van der Waals surface area contributed by atoms with Crippen LogP contribution in [0.25, 0.3) is 0 Å². The molecule has 0 aromatic rings. The molecule has 106 valence electrons. The van der Waals surface area contributed by atoms with E-state index in [9.17, 15) is 0 Å². The molecule has 0 rings (SSSR count). The second kappa shape index (κ2) is 11.6. The lowest BCUT2D eigenvalue weighted by molar-refractivity contribution is 0.0250. The van der Waals surface area contributed by atoms with Gasteiger partial charge in [-0.25, -0.2) is 0 Å². The van der Waals surface area contributed by atoms with E-state index in [2.05, 4.69) is 5.54 Å². The summed E-state index contributed by atoms with van der Waals surface area (Å²) in [6.45, 7) is 2.26. The Morgan fingerprint density at radius 1 is 0.722 bits per heavy atom. The van der Waals surface area contributed by atoms with Gasteiger partial charge in [-0.3, -0.25) is 0 Å². The van der Waals surface area contributed by atoms with Gasteiger partial charge in [0, 0.05) is 21.3 Å². The van der Waals surface area contributed by atoms with Crippen molar-refractivity contribution in [2.45, 2.75) is 0 Å². The van der Waals surface area contributed by atoms with Crippen LogP contribution in [0, 0.1) is 12.0 Å². The van der Waals surface area contributed by atoms with Gasteiger partial charge in [-0.15, -0.1) is 6.42 Å². The molecule has 0 amide bonds. The van der Waals surface area contributed by atoms with E-state index in [0.29, 0.717) is 39.6 Å². The first kappa shape index (κ1) is 17.5. The Bertz CT molecular complexity index is 204. The van der Waals surface area contributed by atoms with E-state index in [1.54, 1.807) is 21.3 Å². The fourth-order valence-corrected chi connectivity index (χ4v) is 2.58. The van der Waals surface area contributed by atoms with Gasteiger partial charge in [-0.05, 0) is 5.54 Å². The molecule has 18 heavy (non-hydrogen) atoms. The van der Waals surface area contributed by atoms with Crippen LogP contribution in [-0.2, 0) is 27.5 Å². The van der Waals surface area contributed by atoms with Crippen molar-refractivity contribution in [2.24, 2.45) is 0 Å². The molecule has 0 unspecified atom stereocenters. The smallest absolute Gasteiger partial charge is 0.382 e. The van der Waals surface area contributed by atoms with Crippen LogP contribution in [0.4, 0.5) is 0 Å². The van der Waals surface area contributed by atoms with Crippen LogP contribution in [-0.4, -0.2) is 69.8 Å². The predicted octanol–water partition coefficient (Wildman–Crippen LogP) is 0.0867. The molecule has 7 heteroatoms. The van der Waals surface area contributed by atoms with Gasteiger partial charge in [0.25, 0.3) is 0 Å². The third kappa shape index (κ3) is 7.78. The Morgan fingerprint density at radius 2 is 1.06 bits per heavy atom. The van der Waals surface area contributed by atoms with Gasteiger partial charge in [0.1, 0.15) is 0 Å². The van der Waals surface area contributed by atoms with Gasteiger partial charge in [0.15, 0.2) is 0 Å². The number of methoxy groups -OCH3 is 3. The quantitative estimate of drug-likeness (QED) is 0.286. The maximum atomic E-state index is 5.53. The van der Waals surface area contributed by atoms with Gasteiger partial charge in [-0.2, -0.15) is 0 Å². The van der Waals surface area contributed by atoms with Crippen LogP contribution in [0.2, 0.25) is 0 Å². The zero-order valence-corrected chi connectivity index (χ0v) is 12.3. The van der Waals surface area contributed by atoms with Crippen LogP contribution >= 0.6 is 0 Å². The maximum Gasteiger partial charge on any atom is 0.591 e. The van der Waals surface area contributed by atoms with Crippen molar-refractivity contribution in [1.82, 2.24) is 0 Å². The van der Waals surface area contributed by atoms with Crippen LogP contribution in [0.3, 0.4) is 0 Å². The normalized spacial score (nSPS) is 11.4. The molecule has 0 radical (unpaired) electrons. The highest BCUT2D eigenvalue weighted by Crippen LogP contribution is 2.08. The average Bonchev–Trinajstić information content (AvgIpc) is 2.39. The summed E-state index contributed by atoms with van der Waals surface area (Å²) in [6, 6.07) is 0. The lowest BCUT2D eigenvalue weighted by Gasteiger charge is -2.24. The molecule has 0 atom stereocenters. The van der Waals surface area contributed by atoms with Crippen LogP contribution < -0.4 is 0 Å². The summed E-state index contributed by atoms with van der Waals surface area (Å²) < 4.78 is 31.3. The molecular formula is C11H22O6Si. The summed E-state index contributed by atoms with van der Waals surface area (Å²) >= 11 is 0. The van der Waals surface area contributed by atoms with Crippen molar-refractivity contribution in [1.29, 1.82) is 0 Å². The molecule has 0 fully saturated rings. The first-order chi connectivity index (χ1) is 8.74. The minimum absolute atomic E-state index is 0.326. The van der Waals surface area contributed by atoms with Crippen molar-refractivity contribution < 1.29 is 27.5 Å². The number of ether oxygens (including phenoxy) is 3. The highest BCUT2D eigenvalue weighted by molar-refractivity contribution is 6.69. The number of hydrogen-bond acceptors (Lipinski definition) is 6. The number of rotatable bonds is 12. The standard InChI is InChI=1S/C11H22O6Si/c1-5-18(15-9-6-12-2,16-10-7-13-3)17-11-8-14-4/h1H,6-11H2,2-4H3. The summed E-state index contributed by atoms with van der Waals surface area (Å²) in [6.07, 6.45) is 5.47. The Balaban J connectivity index is 4.27. The van der Waals surface area contributed by atoms with E-state index < -0.39 is 8.80 Å². The van der Waals surface area contributed by atoms with E-state index >= 15 is 0 Å². The minimum atomic E-state index is -3.09. The van der Waals surface area contributed by atoms with E-state index in [-0.39, 0.29) is 0 Å².